The molecule has 1 fully saturated rings. The number of allylic oxidation sites excluding steroid dienone is 1. The molecule has 1 saturated carbocycles. The quantitative estimate of drug-likeness (QED) is 0.383. The molecule has 1 unspecified atom stereocenters. The van der Waals surface area contributed by atoms with Gasteiger partial charge in [-0.25, -0.2) is 0 Å². The molecule has 0 spiro atoms. The van der Waals surface area contributed by atoms with Crippen molar-refractivity contribution in [3.63, 3.8) is 0 Å². The molecule has 1 atom stereocenters. The maximum absolute atomic E-state index is 10.9. The first-order valence-electron chi connectivity index (χ1n) is 5.66. The van der Waals surface area contributed by atoms with Crippen LogP contribution in [0.15, 0.2) is 12.2 Å². The molecule has 15 heavy (non-hydrogen) atoms. The lowest BCUT2D eigenvalue weighted by Gasteiger charge is -2.31. The van der Waals surface area contributed by atoms with Crippen molar-refractivity contribution in [2.24, 2.45) is 11.3 Å². The summed E-state index contributed by atoms with van der Waals surface area (Å²) in [6.45, 7) is 9.70. The average Bonchev–Trinajstić information content (AvgIpc) is 2.66. The predicted molar refractivity (Wildman–Crippen MR) is 63.3 cm³/mol. The first-order chi connectivity index (χ1) is 6.97. The molecule has 1 aliphatic rings. The second-order valence-corrected chi connectivity index (χ2v) is 4.77. The third kappa shape index (κ3) is 2.72. The third-order valence-corrected chi connectivity index (χ3v) is 3.56. The van der Waals surface area contributed by atoms with Crippen LogP contribution in [0, 0.1) is 23.2 Å². The van der Waals surface area contributed by atoms with E-state index >= 15 is 0 Å². The van der Waals surface area contributed by atoms with Crippen molar-refractivity contribution >= 4 is 5.78 Å². The normalized spacial score (nSPS) is 20.2. The fourth-order valence-electron chi connectivity index (χ4n) is 2.28. The standard InChI is InChI=1S/C14H20O/c1-11(2)14(4,10-9-12(3)15)13-7-5-6-8-13/h13H,1,5-8H2,2-4H3. The second-order valence-electron chi connectivity index (χ2n) is 4.77. The lowest BCUT2D eigenvalue weighted by molar-refractivity contribution is -0.111. The van der Waals surface area contributed by atoms with Crippen LogP contribution in [0.1, 0.15) is 46.5 Å². The number of Topliss-reactive ketones (excluding diaryl/α,β-unsaturated/α-hetero) is 1. The van der Waals surface area contributed by atoms with Crippen LogP contribution >= 0.6 is 0 Å². The first-order valence-corrected chi connectivity index (χ1v) is 5.66. The van der Waals surface area contributed by atoms with Gasteiger partial charge in [-0.05, 0) is 38.5 Å². The van der Waals surface area contributed by atoms with E-state index in [4.69, 9.17) is 0 Å². The van der Waals surface area contributed by atoms with Crippen molar-refractivity contribution in [1.82, 2.24) is 0 Å². The van der Waals surface area contributed by atoms with Crippen molar-refractivity contribution in [1.29, 1.82) is 0 Å². The van der Waals surface area contributed by atoms with Crippen LogP contribution in [-0.4, -0.2) is 5.78 Å². The van der Waals surface area contributed by atoms with Crippen LogP contribution in [-0.2, 0) is 4.79 Å². The van der Waals surface area contributed by atoms with Gasteiger partial charge in [-0.1, -0.05) is 30.9 Å². The minimum atomic E-state index is -0.165. The van der Waals surface area contributed by atoms with Crippen molar-refractivity contribution in [3.05, 3.63) is 12.2 Å². The summed E-state index contributed by atoms with van der Waals surface area (Å²) in [6.07, 6.45) is 5.01. The van der Waals surface area contributed by atoms with E-state index in [9.17, 15) is 4.79 Å². The monoisotopic (exact) mass is 204 g/mol. The van der Waals surface area contributed by atoms with Crippen LogP contribution in [0.25, 0.3) is 0 Å². The third-order valence-electron chi connectivity index (χ3n) is 3.56. The molecule has 82 valence electrons. The highest BCUT2D eigenvalue weighted by atomic mass is 16.1. The van der Waals surface area contributed by atoms with Gasteiger partial charge in [-0.2, -0.15) is 0 Å². The lowest BCUT2D eigenvalue weighted by atomic mass is 9.72. The molecule has 0 aliphatic heterocycles. The smallest absolute Gasteiger partial charge is 0.202 e. The Kier molecular flexibility index (Phi) is 3.74. The molecule has 0 aromatic carbocycles. The van der Waals surface area contributed by atoms with Crippen LogP contribution in [0.4, 0.5) is 0 Å². The van der Waals surface area contributed by atoms with E-state index in [0.29, 0.717) is 5.92 Å². The summed E-state index contributed by atoms with van der Waals surface area (Å²) in [4.78, 5) is 10.9. The molecule has 1 nitrogen and oxygen atoms in total. The zero-order valence-electron chi connectivity index (χ0n) is 10.0. The summed E-state index contributed by atoms with van der Waals surface area (Å²) in [6, 6.07) is 0. The van der Waals surface area contributed by atoms with E-state index in [1.165, 1.54) is 32.6 Å². The van der Waals surface area contributed by atoms with Crippen LogP contribution in [0.2, 0.25) is 0 Å². The van der Waals surface area contributed by atoms with Gasteiger partial charge >= 0.3 is 0 Å². The molecule has 0 N–H and O–H groups in total. The Morgan fingerprint density at radius 3 is 2.27 bits per heavy atom. The Labute approximate surface area is 92.9 Å². The van der Waals surface area contributed by atoms with E-state index in [0.717, 1.165) is 5.57 Å². The SMILES string of the molecule is C=C(C)C(C)(C#CC(C)=O)C1CCCC1. The van der Waals surface area contributed by atoms with Crippen molar-refractivity contribution in [2.75, 3.05) is 0 Å². The first kappa shape index (κ1) is 12.0. The van der Waals surface area contributed by atoms with E-state index in [1.54, 1.807) is 0 Å². The molecule has 0 radical (unpaired) electrons. The van der Waals surface area contributed by atoms with Crippen LogP contribution in [0.5, 0.6) is 0 Å². The number of rotatable bonds is 2. The Bertz CT molecular complexity index is 323. The van der Waals surface area contributed by atoms with Gasteiger partial charge in [-0.15, -0.1) is 0 Å². The Balaban J connectivity index is 2.93. The van der Waals surface area contributed by atoms with Crippen LogP contribution < -0.4 is 0 Å². The lowest BCUT2D eigenvalue weighted by Crippen LogP contribution is -2.25. The predicted octanol–water partition coefficient (Wildman–Crippen LogP) is 3.35. The Morgan fingerprint density at radius 2 is 1.87 bits per heavy atom. The molecule has 0 aromatic heterocycles. The molecular weight excluding hydrogens is 184 g/mol. The molecule has 0 bridgehead atoms. The highest BCUT2D eigenvalue weighted by Gasteiger charge is 2.35. The molecule has 0 heterocycles. The molecule has 0 amide bonds. The topological polar surface area (TPSA) is 17.1 Å². The summed E-state index contributed by atoms with van der Waals surface area (Å²) in [5.74, 6) is 6.36. The number of carbonyl (C=O) groups excluding carboxylic acids is 1. The van der Waals surface area contributed by atoms with Gasteiger partial charge in [-0.3, -0.25) is 4.79 Å². The minimum absolute atomic E-state index is 0.0551. The highest BCUT2D eigenvalue weighted by Crippen LogP contribution is 2.43. The number of hydrogen-bond acceptors (Lipinski definition) is 1. The average molecular weight is 204 g/mol. The Morgan fingerprint density at radius 1 is 1.33 bits per heavy atom. The highest BCUT2D eigenvalue weighted by molar-refractivity contribution is 5.93. The van der Waals surface area contributed by atoms with Gasteiger partial charge in [0.2, 0.25) is 5.78 Å². The fraction of sp³-hybridized carbons (Fsp3) is 0.643. The maximum Gasteiger partial charge on any atom is 0.202 e. The second kappa shape index (κ2) is 4.66. The van der Waals surface area contributed by atoms with Crippen molar-refractivity contribution < 1.29 is 4.79 Å². The minimum Gasteiger partial charge on any atom is -0.285 e. The van der Waals surface area contributed by atoms with Gasteiger partial charge in [0.1, 0.15) is 0 Å². The van der Waals surface area contributed by atoms with Crippen molar-refractivity contribution in [2.45, 2.75) is 46.5 Å². The fourth-order valence-corrected chi connectivity index (χ4v) is 2.28. The number of carbonyl (C=O) groups is 1. The summed E-state index contributed by atoms with van der Waals surface area (Å²) >= 11 is 0. The molecule has 0 aromatic rings. The molecule has 1 rings (SSSR count). The number of ketones is 1. The van der Waals surface area contributed by atoms with Gasteiger partial charge in [0.25, 0.3) is 0 Å². The van der Waals surface area contributed by atoms with Gasteiger partial charge in [0.15, 0.2) is 0 Å². The molecule has 1 heteroatoms. The van der Waals surface area contributed by atoms with Crippen LogP contribution in [0.3, 0.4) is 0 Å². The zero-order chi connectivity index (χ0) is 11.5. The van der Waals surface area contributed by atoms with E-state index in [-0.39, 0.29) is 11.2 Å². The van der Waals surface area contributed by atoms with E-state index < -0.39 is 0 Å². The van der Waals surface area contributed by atoms with E-state index in [2.05, 4.69) is 25.3 Å². The molecule has 0 saturated heterocycles. The zero-order valence-corrected chi connectivity index (χ0v) is 10.0. The summed E-state index contributed by atoms with van der Waals surface area (Å²) in [7, 11) is 0. The van der Waals surface area contributed by atoms with Gasteiger partial charge < -0.3 is 0 Å². The summed E-state index contributed by atoms with van der Waals surface area (Å²) < 4.78 is 0. The Hall–Kier alpha value is -1.03. The van der Waals surface area contributed by atoms with Crippen molar-refractivity contribution in [3.8, 4) is 11.8 Å². The largest absolute Gasteiger partial charge is 0.285 e. The van der Waals surface area contributed by atoms with Gasteiger partial charge in [0.05, 0.1) is 5.41 Å². The van der Waals surface area contributed by atoms with Gasteiger partial charge in [0, 0.05) is 6.92 Å². The maximum atomic E-state index is 10.9. The van der Waals surface area contributed by atoms with E-state index in [1.807, 2.05) is 6.92 Å². The number of hydrogen-bond donors (Lipinski definition) is 0. The summed E-state index contributed by atoms with van der Waals surface area (Å²) in [5.41, 5.74) is 0.922. The molecule has 1 aliphatic carbocycles. The summed E-state index contributed by atoms with van der Waals surface area (Å²) in [5, 5.41) is 0. The molecular formula is C14H20O.